The second-order valence-corrected chi connectivity index (χ2v) is 3.84. The van der Waals surface area contributed by atoms with Crippen LogP contribution in [-0.4, -0.2) is 36.9 Å². The van der Waals surface area contributed by atoms with Gasteiger partial charge in [-0.3, -0.25) is 14.9 Å². The highest BCUT2D eigenvalue weighted by Crippen LogP contribution is 2.17. The Bertz CT molecular complexity index is 431. The van der Waals surface area contributed by atoms with E-state index in [0.717, 1.165) is 5.56 Å². The summed E-state index contributed by atoms with van der Waals surface area (Å²) in [6, 6.07) is 3.76. The zero-order valence-electron chi connectivity index (χ0n) is 9.56. The number of piperazine rings is 1. The van der Waals surface area contributed by atoms with E-state index in [0.29, 0.717) is 12.4 Å². The van der Waals surface area contributed by atoms with Crippen LogP contribution in [0.2, 0.25) is 0 Å². The number of carbonyl (C=O) groups is 2. The van der Waals surface area contributed by atoms with Crippen molar-refractivity contribution in [3.05, 3.63) is 23.9 Å². The number of imide groups is 1. The summed E-state index contributed by atoms with van der Waals surface area (Å²) in [5.74, 6) is 0.106. The molecule has 2 rings (SSSR count). The standard InChI is InChI=1S/C11H14N4O2/c1-12-5-8-3-2-4-13-11(8)15-6-9(16)14-10(17)7-15/h2-4,12H,5-7H2,1H3,(H,14,16,17). The molecule has 1 aliphatic rings. The van der Waals surface area contributed by atoms with Gasteiger partial charge in [-0.15, -0.1) is 0 Å². The molecule has 1 fully saturated rings. The fraction of sp³-hybridized carbons (Fsp3) is 0.364. The Hall–Kier alpha value is -1.95. The van der Waals surface area contributed by atoms with Crippen LogP contribution in [0.4, 0.5) is 5.82 Å². The van der Waals surface area contributed by atoms with Crippen LogP contribution in [-0.2, 0) is 16.1 Å². The van der Waals surface area contributed by atoms with E-state index in [9.17, 15) is 9.59 Å². The minimum absolute atomic E-state index is 0.166. The zero-order valence-corrected chi connectivity index (χ0v) is 9.56. The maximum absolute atomic E-state index is 11.3. The van der Waals surface area contributed by atoms with Gasteiger partial charge in [0.15, 0.2) is 0 Å². The molecule has 0 spiro atoms. The quantitative estimate of drug-likeness (QED) is 0.674. The number of pyridine rings is 1. The largest absolute Gasteiger partial charge is 0.338 e. The van der Waals surface area contributed by atoms with Crippen molar-refractivity contribution < 1.29 is 9.59 Å². The summed E-state index contributed by atoms with van der Waals surface area (Å²) in [6.07, 6.45) is 1.66. The first-order chi connectivity index (χ1) is 8.20. The Morgan fingerprint density at radius 2 is 2.12 bits per heavy atom. The van der Waals surface area contributed by atoms with E-state index >= 15 is 0 Å². The van der Waals surface area contributed by atoms with Crippen molar-refractivity contribution in [1.82, 2.24) is 15.6 Å². The summed E-state index contributed by atoms with van der Waals surface area (Å²) in [4.78, 5) is 28.6. The first-order valence-corrected chi connectivity index (χ1v) is 5.37. The summed E-state index contributed by atoms with van der Waals surface area (Å²) in [6.45, 7) is 0.981. The molecule has 1 saturated heterocycles. The molecule has 0 saturated carbocycles. The van der Waals surface area contributed by atoms with Crippen molar-refractivity contribution >= 4 is 17.6 Å². The van der Waals surface area contributed by atoms with Gasteiger partial charge in [0.05, 0.1) is 13.1 Å². The van der Waals surface area contributed by atoms with Gasteiger partial charge in [0, 0.05) is 18.3 Å². The van der Waals surface area contributed by atoms with E-state index in [2.05, 4.69) is 15.6 Å². The van der Waals surface area contributed by atoms with E-state index < -0.39 is 0 Å². The van der Waals surface area contributed by atoms with E-state index in [-0.39, 0.29) is 24.9 Å². The second kappa shape index (κ2) is 4.92. The lowest BCUT2D eigenvalue weighted by Gasteiger charge is -2.27. The molecule has 1 aromatic heterocycles. The van der Waals surface area contributed by atoms with Crippen LogP contribution in [0.25, 0.3) is 0 Å². The van der Waals surface area contributed by atoms with Gasteiger partial charge in [-0.1, -0.05) is 6.07 Å². The van der Waals surface area contributed by atoms with Gasteiger partial charge in [0.25, 0.3) is 0 Å². The van der Waals surface area contributed by atoms with Gasteiger partial charge in [-0.2, -0.15) is 0 Å². The number of aromatic nitrogens is 1. The lowest BCUT2D eigenvalue weighted by Crippen LogP contribution is -2.52. The van der Waals surface area contributed by atoms with E-state index in [1.165, 1.54) is 0 Å². The molecule has 0 aliphatic carbocycles. The second-order valence-electron chi connectivity index (χ2n) is 3.84. The molecule has 1 aliphatic heterocycles. The number of nitrogens with zero attached hydrogens (tertiary/aromatic N) is 2. The van der Waals surface area contributed by atoms with E-state index in [1.54, 1.807) is 11.1 Å². The molecule has 0 atom stereocenters. The summed E-state index contributed by atoms with van der Waals surface area (Å²) in [5.41, 5.74) is 0.970. The van der Waals surface area contributed by atoms with Crippen LogP contribution in [0.5, 0.6) is 0 Å². The van der Waals surface area contributed by atoms with Crippen LogP contribution in [0, 0.1) is 0 Å². The molecule has 2 amide bonds. The van der Waals surface area contributed by atoms with E-state index in [4.69, 9.17) is 0 Å². The molecule has 2 heterocycles. The monoisotopic (exact) mass is 234 g/mol. The van der Waals surface area contributed by atoms with Crippen LogP contribution in [0.15, 0.2) is 18.3 Å². The Balaban J connectivity index is 2.26. The average molecular weight is 234 g/mol. The first-order valence-electron chi connectivity index (χ1n) is 5.37. The molecule has 2 N–H and O–H groups in total. The Kier molecular flexibility index (Phi) is 3.34. The SMILES string of the molecule is CNCc1cccnc1N1CC(=O)NC(=O)C1. The summed E-state index contributed by atoms with van der Waals surface area (Å²) < 4.78 is 0. The maximum atomic E-state index is 11.3. The van der Waals surface area contributed by atoms with Crippen LogP contribution >= 0.6 is 0 Å². The predicted octanol–water partition coefficient (Wildman–Crippen LogP) is -0.736. The van der Waals surface area contributed by atoms with Crippen LogP contribution < -0.4 is 15.5 Å². The van der Waals surface area contributed by atoms with Gasteiger partial charge in [-0.05, 0) is 13.1 Å². The molecule has 0 aromatic carbocycles. The van der Waals surface area contributed by atoms with Crippen molar-refractivity contribution in [2.45, 2.75) is 6.54 Å². The van der Waals surface area contributed by atoms with Crippen molar-refractivity contribution in [1.29, 1.82) is 0 Å². The van der Waals surface area contributed by atoms with E-state index in [1.807, 2.05) is 19.2 Å². The topological polar surface area (TPSA) is 74.3 Å². The number of anilines is 1. The third kappa shape index (κ3) is 2.59. The summed E-state index contributed by atoms with van der Waals surface area (Å²) >= 11 is 0. The summed E-state index contributed by atoms with van der Waals surface area (Å²) in [7, 11) is 1.84. The number of hydrogen-bond donors (Lipinski definition) is 2. The lowest BCUT2D eigenvalue weighted by molar-refractivity contribution is -0.130. The average Bonchev–Trinajstić information content (AvgIpc) is 2.29. The van der Waals surface area contributed by atoms with Gasteiger partial charge in [0.1, 0.15) is 5.82 Å². The minimum Gasteiger partial charge on any atom is -0.338 e. The zero-order chi connectivity index (χ0) is 12.3. The minimum atomic E-state index is -0.290. The smallest absolute Gasteiger partial charge is 0.246 e. The number of nitrogens with one attached hydrogen (secondary N) is 2. The molecule has 90 valence electrons. The Morgan fingerprint density at radius 1 is 1.41 bits per heavy atom. The molecule has 17 heavy (non-hydrogen) atoms. The molecule has 6 nitrogen and oxygen atoms in total. The number of carbonyl (C=O) groups excluding carboxylic acids is 2. The Labute approximate surface area is 99.0 Å². The number of hydrogen-bond acceptors (Lipinski definition) is 5. The van der Waals surface area contributed by atoms with Crippen LogP contribution in [0.3, 0.4) is 0 Å². The Morgan fingerprint density at radius 3 is 2.76 bits per heavy atom. The highest BCUT2D eigenvalue weighted by molar-refractivity contribution is 6.02. The summed E-state index contributed by atoms with van der Waals surface area (Å²) in [5, 5.41) is 5.30. The third-order valence-electron chi connectivity index (χ3n) is 2.48. The van der Waals surface area contributed by atoms with Gasteiger partial charge >= 0.3 is 0 Å². The fourth-order valence-corrected chi connectivity index (χ4v) is 1.83. The van der Waals surface area contributed by atoms with Gasteiger partial charge in [0.2, 0.25) is 11.8 Å². The van der Waals surface area contributed by atoms with Crippen molar-refractivity contribution in [2.75, 3.05) is 25.0 Å². The highest BCUT2D eigenvalue weighted by atomic mass is 16.2. The predicted molar refractivity (Wildman–Crippen MR) is 62.4 cm³/mol. The molecular formula is C11H14N4O2. The fourth-order valence-electron chi connectivity index (χ4n) is 1.83. The molecule has 0 bridgehead atoms. The van der Waals surface area contributed by atoms with Gasteiger partial charge < -0.3 is 10.2 Å². The van der Waals surface area contributed by atoms with Crippen LogP contribution in [0.1, 0.15) is 5.56 Å². The third-order valence-corrected chi connectivity index (χ3v) is 2.48. The lowest BCUT2D eigenvalue weighted by atomic mass is 10.2. The van der Waals surface area contributed by atoms with Crippen molar-refractivity contribution in [2.24, 2.45) is 0 Å². The molecular weight excluding hydrogens is 220 g/mol. The highest BCUT2D eigenvalue weighted by Gasteiger charge is 2.24. The van der Waals surface area contributed by atoms with Crippen molar-refractivity contribution in [3.8, 4) is 0 Å². The maximum Gasteiger partial charge on any atom is 0.246 e. The van der Waals surface area contributed by atoms with Crippen molar-refractivity contribution in [3.63, 3.8) is 0 Å². The number of amides is 2. The molecule has 0 radical (unpaired) electrons. The first kappa shape index (κ1) is 11.5. The molecule has 0 unspecified atom stereocenters. The number of rotatable bonds is 3. The molecule has 1 aromatic rings. The van der Waals surface area contributed by atoms with Gasteiger partial charge in [-0.25, -0.2) is 4.98 Å². The molecule has 6 heteroatoms. The normalized spacial score (nSPS) is 15.9.